The molecule has 160 valence electrons. The van der Waals surface area contributed by atoms with Crippen molar-refractivity contribution in [1.29, 1.82) is 0 Å². The molecule has 0 bridgehead atoms. The van der Waals surface area contributed by atoms with Gasteiger partial charge in [-0.1, -0.05) is 0 Å². The van der Waals surface area contributed by atoms with Crippen LogP contribution in [0.25, 0.3) is 0 Å². The van der Waals surface area contributed by atoms with E-state index < -0.39 is 11.1 Å². The van der Waals surface area contributed by atoms with Crippen molar-refractivity contribution in [2.45, 2.75) is 38.8 Å². The molecular formula is C16H34Cl2N6O3. The van der Waals surface area contributed by atoms with E-state index in [1.54, 1.807) is 0 Å². The van der Waals surface area contributed by atoms with E-state index >= 15 is 0 Å². The Morgan fingerprint density at radius 2 is 1.15 bits per heavy atom. The molecule has 2 rings (SSSR count). The number of rotatable bonds is 8. The summed E-state index contributed by atoms with van der Waals surface area (Å²) in [4.78, 5) is 13.2. The summed E-state index contributed by atoms with van der Waals surface area (Å²) in [5, 5.41) is 27.6. The maximum atomic E-state index is 9.20. The van der Waals surface area contributed by atoms with E-state index in [2.05, 4.69) is 30.0 Å². The van der Waals surface area contributed by atoms with E-state index in [1.165, 1.54) is 0 Å². The molecule has 0 atom stereocenters. The zero-order valence-electron chi connectivity index (χ0n) is 16.6. The highest BCUT2D eigenvalue weighted by Gasteiger charge is 2.36. The number of nitrogens with zero attached hydrogens (tertiary/aromatic N) is 6. The molecule has 0 spiro atoms. The number of amidine groups is 2. The third kappa shape index (κ3) is 6.83. The molecule has 4 N–H and O–H groups in total. The van der Waals surface area contributed by atoms with Gasteiger partial charge < -0.3 is 25.5 Å². The molecule has 0 saturated carbocycles. The van der Waals surface area contributed by atoms with Crippen LogP contribution >= 0.6 is 24.8 Å². The van der Waals surface area contributed by atoms with Crippen LogP contribution in [0.5, 0.6) is 0 Å². The normalized spacial score (nSPS) is 17.3. The van der Waals surface area contributed by atoms with Crippen LogP contribution in [0.3, 0.4) is 0 Å². The van der Waals surface area contributed by atoms with E-state index in [9.17, 15) is 10.2 Å². The van der Waals surface area contributed by atoms with E-state index in [1.807, 2.05) is 27.7 Å². The molecule has 27 heavy (non-hydrogen) atoms. The fourth-order valence-electron chi connectivity index (χ4n) is 3.14. The summed E-state index contributed by atoms with van der Waals surface area (Å²) >= 11 is 0. The van der Waals surface area contributed by atoms with Crippen LogP contribution in [0.2, 0.25) is 0 Å². The van der Waals surface area contributed by atoms with Crippen molar-refractivity contribution in [2.75, 3.05) is 52.5 Å². The molecule has 0 amide bonds. The van der Waals surface area contributed by atoms with Gasteiger partial charge >= 0.3 is 0 Å². The van der Waals surface area contributed by atoms with Crippen molar-refractivity contribution in [1.82, 2.24) is 9.80 Å². The average molecular weight is 429 g/mol. The van der Waals surface area contributed by atoms with Crippen LogP contribution in [0.15, 0.2) is 20.2 Å². The van der Waals surface area contributed by atoms with Crippen LogP contribution in [-0.2, 0) is 0 Å². The molecule has 0 saturated heterocycles. The minimum absolute atomic E-state index is 0. The standard InChI is InChI=1S/C16H30N6O2.2ClH.H2O/c1-15(2,13-17-5-7-21(13)9-11-23)19-20-16(3,4)14-18-6-8-22(14)10-12-24;;;/h23-24H,5-12H2,1-4H3;2*1H;1H2. The monoisotopic (exact) mass is 428 g/mol. The zero-order chi connectivity index (χ0) is 17.8. The summed E-state index contributed by atoms with van der Waals surface area (Å²) in [6.07, 6.45) is 0. The first kappa shape index (κ1) is 28.2. The summed E-state index contributed by atoms with van der Waals surface area (Å²) < 4.78 is 0. The Hall–Kier alpha value is -1.00. The lowest BCUT2D eigenvalue weighted by molar-refractivity contribution is 0.250. The number of aliphatic imine (C=N–C) groups is 2. The lowest BCUT2D eigenvalue weighted by Gasteiger charge is -2.31. The molecule has 0 aliphatic carbocycles. The van der Waals surface area contributed by atoms with E-state index in [0.717, 1.165) is 37.9 Å². The van der Waals surface area contributed by atoms with E-state index in [-0.39, 0.29) is 43.5 Å². The average Bonchev–Trinajstić information content (AvgIpc) is 3.16. The zero-order valence-corrected chi connectivity index (χ0v) is 18.2. The Bertz CT molecular complexity index is 494. The topological polar surface area (TPSA) is 128 Å². The van der Waals surface area contributed by atoms with Gasteiger partial charge in [-0.15, -0.1) is 24.8 Å². The second-order valence-electron chi connectivity index (χ2n) is 7.15. The molecule has 2 heterocycles. The smallest absolute Gasteiger partial charge is 0.133 e. The quantitative estimate of drug-likeness (QED) is 0.542. The molecule has 9 nitrogen and oxygen atoms in total. The maximum Gasteiger partial charge on any atom is 0.133 e. The van der Waals surface area contributed by atoms with Gasteiger partial charge in [0.05, 0.1) is 26.3 Å². The Balaban J connectivity index is 0. The largest absolute Gasteiger partial charge is 0.412 e. The molecule has 0 aromatic heterocycles. The predicted octanol–water partition coefficient (Wildman–Crippen LogP) is 0.428. The van der Waals surface area contributed by atoms with Crippen LogP contribution < -0.4 is 0 Å². The van der Waals surface area contributed by atoms with Gasteiger partial charge in [0, 0.05) is 26.2 Å². The Morgan fingerprint density at radius 1 is 0.815 bits per heavy atom. The van der Waals surface area contributed by atoms with Gasteiger partial charge in [-0.2, -0.15) is 10.2 Å². The minimum atomic E-state index is -0.552. The summed E-state index contributed by atoms with van der Waals surface area (Å²) in [6.45, 7) is 12.4. The second-order valence-corrected chi connectivity index (χ2v) is 7.15. The fourth-order valence-corrected chi connectivity index (χ4v) is 3.14. The SMILES string of the molecule is CC(C)(N=NC(C)(C)C1=NCCN1CCO)C1=NCCN1CCO.Cl.Cl.O. The van der Waals surface area contributed by atoms with Crippen molar-refractivity contribution < 1.29 is 15.7 Å². The first-order valence-electron chi connectivity index (χ1n) is 8.57. The summed E-state index contributed by atoms with van der Waals surface area (Å²) in [5.41, 5.74) is -1.10. The highest BCUT2D eigenvalue weighted by atomic mass is 35.5. The number of aliphatic hydroxyl groups excluding tert-OH is 2. The number of β-amino-alcohol motifs (C(OH)–C–C–N with tert-alkyl or cyclic N) is 2. The van der Waals surface area contributed by atoms with Crippen molar-refractivity contribution in [3.05, 3.63) is 0 Å². The Kier molecular flexibility index (Phi) is 12.3. The van der Waals surface area contributed by atoms with Gasteiger partial charge in [-0.3, -0.25) is 9.98 Å². The van der Waals surface area contributed by atoms with E-state index in [0.29, 0.717) is 13.1 Å². The fraction of sp³-hybridized carbons (Fsp3) is 0.875. The molecule has 11 heteroatoms. The van der Waals surface area contributed by atoms with Gasteiger partial charge in [0.1, 0.15) is 22.7 Å². The molecule has 2 aliphatic rings. The van der Waals surface area contributed by atoms with Crippen molar-refractivity contribution >= 4 is 36.5 Å². The Labute approximate surface area is 173 Å². The molecule has 0 aromatic rings. The number of hydrogen-bond acceptors (Lipinski definition) is 8. The van der Waals surface area contributed by atoms with Crippen molar-refractivity contribution in [3.63, 3.8) is 0 Å². The summed E-state index contributed by atoms with van der Waals surface area (Å²) in [6, 6.07) is 0. The van der Waals surface area contributed by atoms with Gasteiger partial charge in [0.25, 0.3) is 0 Å². The van der Waals surface area contributed by atoms with Gasteiger partial charge in [-0.05, 0) is 27.7 Å². The lowest BCUT2D eigenvalue weighted by atomic mass is 10.0. The number of aliphatic hydroxyl groups is 2. The summed E-state index contributed by atoms with van der Waals surface area (Å²) in [5.74, 6) is 1.74. The second kappa shape index (κ2) is 11.8. The lowest BCUT2D eigenvalue weighted by Crippen LogP contribution is -2.45. The third-order valence-electron chi connectivity index (χ3n) is 4.25. The summed E-state index contributed by atoms with van der Waals surface area (Å²) in [7, 11) is 0. The number of hydrogen-bond donors (Lipinski definition) is 2. The molecule has 0 aromatic carbocycles. The first-order valence-corrected chi connectivity index (χ1v) is 8.57. The van der Waals surface area contributed by atoms with Crippen molar-refractivity contribution in [3.8, 4) is 0 Å². The minimum Gasteiger partial charge on any atom is -0.412 e. The molecule has 2 aliphatic heterocycles. The predicted molar refractivity (Wildman–Crippen MR) is 113 cm³/mol. The van der Waals surface area contributed by atoms with Crippen molar-refractivity contribution in [2.24, 2.45) is 20.2 Å². The highest BCUT2D eigenvalue weighted by Crippen LogP contribution is 2.24. The van der Waals surface area contributed by atoms with Crippen LogP contribution in [0, 0.1) is 0 Å². The number of azo groups is 1. The van der Waals surface area contributed by atoms with Gasteiger partial charge in [-0.25, -0.2) is 0 Å². The molecule has 0 radical (unpaired) electrons. The Morgan fingerprint density at radius 3 is 1.44 bits per heavy atom. The molecule has 0 unspecified atom stereocenters. The first-order chi connectivity index (χ1) is 11.3. The van der Waals surface area contributed by atoms with Crippen LogP contribution in [-0.4, -0.2) is 101 Å². The van der Waals surface area contributed by atoms with Gasteiger partial charge in [0.15, 0.2) is 0 Å². The van der Waals surface area contributed by atoms with Gasteiger partial charge in [0.2, 0.25) is 0 Å². The maximum absolute atomic E-state index is 9.20. The van der Waals surface area contributed by atoms with Crippen LogP contribution in [0.1, 0.15) is 27.7 Å². The van der Waals surface area contributed by atoms with Crippen LogP contribution in [0.4, 0.5) is 0 Å². The highest BCUT2D eigenvalue weighted by molar-refractivity contribution is 5.93. The third-order valence-corrected chi connectivity index (χ3v) is 4.25. The molecular weight excluding hydrogens is 395 g/mol. The molecule has 0 fully saturated rings. The van der Waals surface area contributed by atoms with E-state index in [4.69, 9.17) is 0 Å². The number of halogens is 2.